The van der Waals surface area contributed by atoms with E-state index in [1.54, 1.807) is 17.3 Å². The first-order valence-electron chi connectivity index (χ1n) is 7.98. The average Bonchev–Trinajstić information content (AvgIpc) is 3.07. The number of ether oxygens (including phenoxy) is 1. The Morgan fingerprint density at radius 1 is 1.29 bits per heavy atom. The molecule has 1 atom stereocenters. The summed E-state index contributed by atoms with van der Waals surface area (Å²) in [5.74, 6) is 0.742. The molecule has 6 heteroatoms. The van der Waals surface area contributed by atoms with E-state index in [1.165, 1.54) is 0 Å². The molecule has 0 spiro atoms. The number of carbonyl (C=O) groups is 1. The maximum absolute atomic E-state index is 12.8. The number of aromatic amines is 1. The van der Waals surface area contributed by atoms with Crippen molar-refractivity contribution in [1.82, 2.24) is 19.9 Å². The second-order valence-corrected chi connectivity index (χ2v) is 5.98. The number of H-pyrrole nitrogens is 1. The molecule has 0 radical (unpaired) electrons. The highest BCUT2D eigenvalue weighted by Crippen LogP contribution is 2.22. The van der Waals surface area contributed by atoms with Crippen LogP contribution in [0.1, 0.15) is 28.0 Å². The first kappa shape index (κ1) is 14.8. The molecule has 0 unspecified atom stereocenters. The Bertz CT molecular complexity index is 889. The van der Waals surface area contributed by atoms with Gasteiger partial charge in [0.1, 0.15) is 11.9 Å². The number of aryl methyl sites for hydroxylation is 1. The zero-order chi connectivity index (χ0) is 16.5. The van der Waals surface area contributed by atoms with Gasteiger partial charge < -0.3 is 14.6 Å². The van der Waals surface area contributed by atoms with Crippen LogP contribution in [0.5, 0.6) is 0 Å². The number of carbonyl (C=O) groups excluding carboxylic acids is 1. The molecule has 3 aromatic rings. The van der Waals surface area contributed by atoms with Crippen molar-refractivity contribution >= 4 is 16.8 Å². The van der Waals surface area contributed by atoms with Gasteiger partial charge in [-0.05, 0) is 19.1 Å². The van der Waals surface area contributed by atoms with Crippen LogP contribution in [-0.4, -0.2) is 45.5 Å². The lowest BCUT2D eigenvalue weighted by Gasteiger charge is -2.32. The lowest BCUT2D eigenvalue weighted by Crippen LogP contribution is -2.42. The quantitative estimate of drug-likeness (QED) is 0.787. The van der Waals surface area contributed by atoms with Gasteiger partial charge in [-0.25, -0.2) is 4.98 Å². The van der Waals surface area contributed by atoms with E-state index in [0.717, 1.165) is 22.4 Å². The number of fused-ring (bicyclic) bond motifs is 1. The zero-order valence-corrected chi connectivity index (χ0v) is 13.4. The third kappa shape index (κ3) is 2.76. The first-order chi connectivity index (χ1) is 11.7. The first-order valence-corrected chi connectivity index (χ1v) is 7.98. The minimum Gasteiger partial charge on any atom is -0.367 e. The molecule has 1 aliphatic rings. The molecule has 24 heavy (non-hydrogen) atoms. The van der Waals surface area contributed by atoms with Crippen LogP contribution in [-0.2, 0) is 4.74 Å². The molecule has 3 heterocycles. The molecule has 1 aliphatic heterocycles. The average molecular weight is 322 g/mol. The second kappa shape index (κ2) is 6.05. The van der Waals surface area contributed by atoms with Crippen LogP contribution < -0.4 is 0 Å². The van der Waals surface area contributed by atoms with Gasteiger partial charge in [-0.3, -0.25) is 9.78 Å². The molecular formula is C18H18N4O2. The number of morpholine rings is 1. The molecule has 1 aromatic carbocycles. The molecule has 4 rings (SSSR count). The molecule has 1 amide bonds. The Hall–Kier alpha value is -2.73. The highest BCUT2D eigenvalue weighted by molar-refractivity contribution is 5.97. The molecule has 1 saturated heterocycles. The van der Waals surface area contributed by atoms with Gasteiger partial charge in [-0.1, -0.05) is 18.2 Å². The zero-order valence-electron chi connectivity index (χ0n) is 13.4. The monoisotopic (exact) mass is 322 g/mol. The number of nitrogens with one attached hydrogen (secondary N) is 1. The van der Waals surface area contributed by atoms with E-state index >= 15 is 0 Å². The van der Waals surface area contributed by atoms with E-state index < -0.39 is 0 Å². The summed E-state index contributed by atoms with van der Waals surface area (Å²) in [6.45, 7) is 3.50. The Morgan fingerprint density at radius 2 is 2.17 bits per heavy atom. The number of amides is 1. The summed E-state index contributed by atoms with van der Waals surface area (Å²) in [7, 11) is 0. The van der Waals surface area contributed by atoms with Crippen molar-refractivity contribution in [2.24, 2.45) is 0 Å². The number of aromatic nitrogens is 3. The third-order valence-electron chi connectivity index (χ3n) is 4.22. The van der Waals surface area contributed by atoms with E-state index in [0.29, 0.717) is 25.3 Å². The molecule has 0 saturated carbocycles. The predicted octanol–water partition coefficient (Wildman–Crippen LogP) is 2.48. The van der Waals surface area contributed by atoms with Gasteiger partial charge in [0.05, 0.1) is 24.2 Å². The van der Waals surface area contributed by atoms with Crippen molar-refractivity contribution in [2.75, 3.05) is 19.7 Å². The number of nitrogens with zero attached hydrogens (tertiary/aromatic N) is 3. The molecular weight excluding hydrogens is 304 g/mol. The van der Waals surface area contributed by atoms with Gasteiger partial charge in [-0.15, -0.1) is 0 Å². The SMILES string of the molecule is Cc1cnc([C@@H]2CN(C(=O)c3cnc4ccccc4c3)CCO2)[nH]1. The normalized spacial score (nSPS) is 18.0. The minimum atomic E-state index is -0.218. The van der Waals surface area contributed by atoms with E-state index in [9.17, 15) is 4.79 Å². The van der Waals surface area contributed by atoms with E-state index in [4.69, 9.17) is 4.74 Å². The topological polar surface area (TPSA) is 71.1 Å². The lowest BCUT2D eigenvalue weighted by molar-refractivity contribution is -0.0264. The number of benzene rings is 1. The predicted molar refractivity (Wildman–Crippen MR) is 89.7 cm³/mol. The second-order valence-electron chi connectivity index (χ2n) is 5.98. The number of rotatable bonds is 2. The van der Waals surface area contributed by atoms with E-state index in [-0.39, 0.29) is 12.0 Å². The Kier molecular flexibility index (Phi) is 3.74. The standard InChI is InChI=1S/C18H18N4O2/c1-12-9-20-17(21-12)16-11-22(6-7-24-16)18(23)14-8-13-4-2-3-5-15(13)19-10-14/h2-5,8-10,16H,6-7,11H2,1H3,(H,20,21)/t16-/m0/s1. The fourth-order valence-corrected chi connectivity index (χ4v) is 2.97. The van der Waals surface area contributed by atoms with Crippen LogP contribution >= 0.6 is 0 Å². The molecule has 1 fully saturated rings. The molecule has 6 nitrogen and oxygen atoms in total. The van der Waals surface area contributed by atoms with Crippen molar-refractivity contribution in [3.05, 3.63) is 59.8 Å². The van der Waals surface area contributed by atoms with Crippen molar-refractivity contribution < 1.29 is 9.53 Å². The Morgan fingerprint density at radius 3 is 3.00 bits per heavy atom. The van der Waals surface area contributed by atoms with Gasteiger partial charge in [0.15, 0.2) is 0 Å². The summed E-state index contributed by atoms with van der Waals surface area (Å²) in [4.78, 5) is 26.5. The molecule has 0 aliphatic carbocycles. The van der Waals surface area contributed by atoms with E-state index in [2.05, 4.69) is 15.0 Å². The highest BCUT2D eigenvalue weighted by atomic mass is 16.5. The van der Waals surface area contributed by atoms with Crippen molar-refractivity contribution in [3.8, 4) is 0 Å². The number of imidazole rings is 1. The lowest BCUT2D eigenvalue weighted by atomic mass is 10.1. The van der Waals surface area contributed by atoms with E-state index in [1.807, 2.05) is 37.3 Å². The van der Waals surface area contributed by atoms with Crippen LogP contribution in [0, 0.1) is 6.92 Å². The summed E-state index contributed by atoms with van der Waals surface area (Å²) in [6, 6.07) is 9.68. The molecule has 1 N–H and O–H groups in total. The number of hydrogen-bond donors (Lipinski definition) is 1. The van der Waals surface area contributed by atoms with Gasteiger partial charge in [0.25, 0.3) is 5.91 Å². The third-order valence-corrected chi connectivity index (χ3v) is 4.22. The smallest absolute Gasteiger partial charge is 0.255 e. The van der Waals surface area contributed by atoms with Crippen LogP contribution in [0.25, 0.3) is 10.9 Å². The summed E-state index contributed by atoms with van der Waals surface area (Å²) in [6.07, 6.45) is 3.20. The van der Waals surface area contributed by atoms with Crippen LogP contribution in [0.4, 0.5) is 0 Å². The summed E-state index contributed by atoms with van der Waals surface area (Å²) < 4.78 is 5.76. The maximum Gasteiger partial charge on any atom is 0.255 e. The fourth-order valence-electron chi connectivity index (χ4n) is 2.97. The number of hydrogen-bond acceptors (Lipinski definition) is 4. The molecule has 0 bridgehead atoms. The van der Waals surface area contributed by atoms with Gasteiger partial charge in [0, 0.05) is 30.0 Å². The van der Waals surface area contributed by atoms with Crippen molar-refractivity contribution in [2.45, 2.75) is 13.0 Å². The largest absolute Gasteiger partial charge is 0.367 e. The summed E-state index contributed by atoms with van der Waals surface area (Å²) in [5.41, 5.74) is 2.47. The van der Waals surface area contributed by atoms with Crippen LogP contribution in [0.15, 0.2) is 42.7 Å². The highest BCUT2D eigenvalue weighted by Gasteiger charge is 2.28. The number of para-hydroxylation sites is 1. The van der Waals surface area contributed by atoms with Gasteiger partial charge >= 0.3 is 0 Å². The van der Waals surface area contributed by atoms with Crippen LogP contribution in [0.3, 0.4) is 0 Å². The number of pyridine rings is 1. The summed E-state index contributed by atoms with van der Waals surface area (Å²) >= 11 is 0. The Balaban J connectivity index is 1.56. The molecule has 122 valence electrons. The fraction of sp³-hybridized carbons (Fsp3) is 0.278. The molecule has 2 aromatic heterocycles. The van der Waals surface area contributed by atoms with Crippen LogP contribution in [0.2, 0.25) is 0 Å². The van der Waals surface area contributed by atoms with Crippen molar-refractivity contribution in [1.29, 1.82) is 0 Å². The van der Waals surface area contributed by atoms with Gasteiger partial charge in [0.2, 0.25) is 0 Å². The summed E-state index contributed by atoms with van der Waals surface area (Å²) in [5, 5.41) is 0.967. The maximum atomic E-state index is 12.8. The van der Waals surface area contributed by atoms with Gasteiger partial charge in [-0.2, -0.15) is 0 Å². The Labute approximate surface area is 139 Å². The minimum absolute atomic E-state index is 0.0233. The van der Waals surface area contributed by atoms with Crippen molar-refractivity contribution in [3.63, 3.8) is 0 Å².